The molecule has 1 fully saturated rings. The normalized spacial score (nSPS) is 20.3. The summed E-state index contributed by atoms with van der Waals surface area (Å²) in [4.78, 5) is 14.3. The van der Waals surface area contributed by atoms with Gasteiger partial charge in [-0.15, -0.1) is 0 Å². The molecule has 1 aromatic carbocycles. The first-order chi connectivity index (χ1) is 11.7. The van der Waals surface area contributed by atoms with Gasteiger partial charge in [0.2, 0.25) is 5.91 Å². The van der Waals surface area contributed by atoms with Crippen LogP contribution >= 0.6 is 0 Å². The summed E-state index contributed by atoms with van der Waals surface area (Å²) in [5, 5.41) is 6.71. The van der Waals surface area contributed by atoms with E-state index in [2.05, 4.69) is 16.3 Å². The second-order valence-corrected chi connectivity index (χ2v) is 6.31. The van der Waals surface area contributed by atoms with E-state index in [1.54, 1.807) is 13.3 Å². The van der Waals surface area contributed by atoms with E-state index >= 15 is 0 Å². The van der Waals surface area contributed by atoms with Gasteiger partial charge in [-0.3, -0.25) is 9.89 Å². The molecule has 6 heteroatoms. The van der Waals surface area contributed by atoms with E-state index in [1.165, 1.54) is 0 Å². The summed E-state index contributed by atoms with van der Waals surface area (Å²) in [6.07, 6.45) is 5.90. The average molecular weight is 328 g/mol. The van der Waals surface area contributed by atoms with Crippen LogP contribution < -0.4 is 10.5 Å². The molecule has 0 unspecified atom stereocenters. The number of carbonyl (C=O) groups is 1. The fraction of sp³-hybridized carbons (Fsp3) is 0.444. The first-order valence-corrected chi connectivity index (χ1v) is 8.32. The smallest absolute Gasteiger partial charge is 0.222 e. The fourth-order valence-corrected chi connectivity index (χ4v) is 3.27. The number of aromatic nitrogens is 2. The molecule has 6 nitrogen and oxygen atoms in total. The van der Waals surface area contributed by atoms with Gasteiger partial charge in [0.05, 0.1) is 13.3 Å². The molecule has 1 saturated heterocycles. The van der Waals surface area contributed by atoms with Crippen LogP contribution in [0.25, 0.3) is 0 Å². The third kappa shape index (κ3) is 3.76. The minimum absolute atomic E-state index is 0.0325. The molecule has 1 aliphatic rings. The number of ether oxygens (including phenoxy) is 1. The van der Waals surface area contributed by atoms with Crippen molar-refractivity contribution in [1.29, 1.82) is 0 Å². The molecule has 0 radical (unpaired) electrons. The van der Waals surface area contributed by atoms with Crippen LogP contribution in [-0.4, -0.2) is 47.2 Å². The Kier molecular flexibility index (Phi) is 5.15. The van der Waals surface area contributed by atoms with Gasteiger partial charge in [0.15, 0.2) is 0 Å². The van der Waals surface area contributed by atoms with E-state index in [9.17, 15) is 4.79 Å². The molecule has 2 heterocycles. The van der Waals surface area contributed by atoms with Crippen molar-refractivity contribution in [2.75, 3.05) is 20.2 Å². The predicted molar refractivity (Wildman–Crippen MR) is 91.8 cm³/mol. The van der Waals surface area contributed by atoms with Gasteiger partial charge >= 0.3 is 0 Å². The van der Waals surface area contributed by atoms with Crippen LogP contribution in [0.2, 0.25) is 0 Å². The highest BCUT2D eigenvalue weighted by atomic mass is 16.5. The Morgan fingerprint density at radius 2 is 2.33 bits per heavy atom. The molecule has 0 bridgehead atoms. The number of benzene rings is 1. The molecule has 0 aliphatic carbocycles. The number of hydrogen-bond donors (Lipinski definition) is 2. The topological polar surface area (TPSA) is 84.2 Å². The number of nitrogens with two attached hydrogens (primary N) is 1. The summed E-state index contributed by atoms with van der Waals surface area (Å²) in [6, 6.07) is 7.92. The quantitative estimate of drug-likeness (QED) is 0.845. The van der Waals surface area contributed by atoms with Crippen molar-refractivity contribution in [3.05, 3.63) is 47.8 Å². The molecule has 1 amide bonds. The van der Waals surface area contributed by atoms with Gasteiger partial charge in [0.1, 0.15) is 5.75 Å². The van der Waals surface area contributed by atoms with Crippen LogP contribution in [-0.2, 0) is 11.2 Å². The summed E-state index contributed by atoms with van der Waals surface area (Å²) >= 11 is 0. The van der Waals surface area contributed by atoms with Crippen LogP contribution in [0.3, 0.4) is 0 Å². The lowest BCUT2D eigenvalue weighted by atomic mass is 9.95. The Morgan fingerprint density at radius 3 is 3.08 bits per heavy atom. The Labute approximate surface area is 142 Å². The lowest BCUT2D eigenvalue weighted by Crippen LogP contribution is -2.32. The summed E-state index contributed by atoms with van der Waals surface area (Å²) in [5.41, 5.74) is 8.56. The van der Waals surface area contributed by atoms with Crippen LogP contribution in [0, 0.1) is 0 Å². The summed E-state index contributed by atoms with van der Waals surface area (Å²) in [6.45, 7) is 1.30. The summed E-state index contributed by atoms with van der Waals surface area (Å²) < 4.78 is 5.28. The number of methoxy groups -OCH3 is 1. The van der Waals surface area contributed by atoms with Crippen molar-refractivity contribution in [2.24, 2.45) is 5.73 Å². The van der Waals surface area contributed by atoms with Gasteiger partial charge < -0.3 is 15.4 Å². The Balaban J connectivity index is 1.55. The monoisotopic (exact) mass is 328 g/mol. The zero-order valence-electron chi connectivity index (χ0n) is 13.9. The largest absolute Gasteiger partial charge is 0.497 e. The van der Waals surface area contributed by atoms with Gasteiger partial charge in [0, 0.05) is 37.7 Å². The van der Waals surface area contributed by atoms with Crippen molar-refractivity contribution in [2.45, 2.75) is 31.2 Å². The maximum absolute atomic E-state index is 12.4. The second-order valence-electron chi connectivity index (χ2n) is 6.31. The van der Waals surface area contributed by atoms with Crippen LogP contribution in [0.15, 0.2) is 36.7 Å². The minimum Gasteiger partial charge on any atom is -0.497 e. The number of hydrogen-bond acceptors (Lipinski definition) is 4. The molecule has 3 N–H and O–H groups in total. The number of aromatic amines is 1. The number of nitrogens with one attached hydrogen (secondary N) is 1. The lowest BCUT2D eigenvalue weighted by Gasteiger charge is -2.17. The summed E-state index contributed by atoms with van der Waals surface area (Å²) in [5.74, 6) is 1.17. The van der Waals surface area contributed by atoms with E-state index in [4.69, 9.17) is 10.5 Å². The van der Waals surface area contributed by atoms with Crippen molar-refractivity contribution in [3.8, 4) is 5.75 Å². The van der Waals surface area contributed by atoms with E-state index < -0.39 is 0 Å². The number of rotatable bonds is 6. The van der Waals surface area contributed by atoms with Gasteiger partial charge in [0.25, 0.3) is 0 Å². The molecule has 128 valence electrons. The van der Waals surface area contributed by atoms with Crippen molar-refractivity contribution >= 4 is 5.91 Å². The van der Waals surface area contributed by atoms with Crippen molar-refractivity contribution < 1.29 is 9.53 Å². The minimum atomic E-state index is -0.0325. The Morgan fingerprint density at radius 1 is 1.46 bits per heavy atom. The molecule has 2 aromatic rings. The van der Waals surface area contributed by atoms with Crippen LogP contribution in [0.5, 0.6) is 5.75 Å². The molecule has 1 aromatic heterocycles. The lowest BCUT2D eigenvalue weighted by molar-refractivity contribution is -0.130. The van der Waals surface area contributed by atoms with E-state index in [-0.39, 0.29) is 17.9 Å². The number of aryl methyl sites for hydroxylation is 1. The molecule has 1 aliphatic heterocycles. The molecule has 0 saturated carbocycles. The fourth-order valence-electron chi connectivity index (χ4n) is 3.27. The van der Waals surface area contributed by atoms with Gasteiger partial charge in [-0.05, 0) is 36.1 Å². The maximum Gasteiger partial charge on any atom is 0.222 e. The maximum atomic E-state index is 12.4. The number of nitrogens with zero attached hydrogens (tertiary/aromatic N) is 2. The zero-order valence-corrected chi connectivity index (χ0v) is 13.9. The highest BCUT2D eigenvalue weighted by Gasteiger charge is 2.33. The molecular formula is C18H24N4O2. The number of likely N-dealkylation sites (tertiary alicyclic amines) is 1. The van der Waals surface area contributed by atoms with Crippen LogP contribution in [0.4, 0.5) is 0 Å². The highest BCUT2D eigenvalue weighted by molar-refractivity contribution is 5.76. The first-order valence-electron chi connectivity index (χ1n) is 8.32. The first kappa shape index (κ1) is 16.5. The predicted octanol–water partition coefficient (Wildman–Crippen LogP) is 1.69. The standard InChI is InChI=1S/C18H24N4O2/c1-24-15-6-3-5-14(8-15)16-11-22(12-17(16)19)18(23)7-2-4-13-9-20-21-10-13/h3,5-6,8-10,16-17H,2,4,7,11-12,19H2,1H3,(H,20,21)/t16-,17+/m1/s1. The molecule has 3 rings (SSSR count). The molecule has 24 heavy (non-hydrogen) atoms. The number of H-pyrrole nitrogens is 1. The third-order valence-electron chi connectivity index (χ3n) is 4.65. The van der Waals surface area contributed by atoms with Gasteiger partial charge in [-0.25, -0.2) is 0 Å². The van der Waals surface area contributed by atoms with E-state index in [0.29, 0.717) is 19.5 Å². The third-order valence-corrected chi connectivity index (χ3v) is 4.65. The van der Waals surface area contributed by atoms with E-state index in [0.717, 1.165) is 29.7 Å². The summed E-state index contributed by atoms with van der Waals surface area (Å²) in [7, 11) is 1.66. The second kappa shape index (κ2) is 7.49. The average Bonchev–Trinajstić information content (AvgIpc) is 3.24. The molecular weight excluding hydrogens is 304 g/mol. The highest BCUT2D eigenvalue weighted by Crippen LogP contribution is 2.29. The van der Waals surface area contributed by atoms with E-state index in [1.807, 2.05) is 29.3 Å². The molecule has 2 atom stereocenters. The number of amides is 1. The Bertz CT molecular complexity index is 671. The Hall–Kier alpha value is -2.34. The number of carbonyl (C=O) groups excluding carboxylic acids is 1. The van der Waals surface area contributed by atoms with Gasteiger partial charge in [-0.2, -0.15) is 5.10 Å². The zero-order chi connectivity index (χ0) is 16.9. The van der Waals surface area contributed by atoms with Gasteiger partial charge in [-0.1, -0.05) is 12.1 Å². The van der Waals surface area contributed by atoms with Crippen molar-refractivity contribution in [3.63, 3.8) is 0 Å². The SMILES string of the molecule is COc1cccc([C@H]2CN(C(=O)CCCc3cn[nH]c3)C[C@@H]2N)c1. The van der Waals surface area contributed by atoms with Crippen molar-refractivity contribution in [1.82, 2.24) is 15.1 Å². The molecule has 0 spiro atoms. The van der Waals surface area contributed by atoms with Crippen LogP contribution in [0.1, 0.15) is 29.9 Å².